The van der Waals surface area contributed by atoms with Gasteiger partial charge in [-0.05, 0) is 31.1 Å². The molecule has 1 aliphatic heterocycles. The SMILES string of the molecule is O=C(O)CCCC(=O)NC(=O)N1CC2CCCC2C1. The van der Waals surface area contributed by atoms with Crippen LogP contribution >= 0.6 is 0 Å². The van der Waals surface area contributed by atoms with Gasteiger partial charge in [0.25, 0.3) is 0 Å². The molecule has 6 heteroatoms. The largest absolute Gasteiger partial charge is 0.481 e. The van der Waals surface area contributed by atoms with Crippen LogP contribution in [0, 0.1) is 11.8 Å². The summed E-state index contributed by atoms with van der Waals surface area (Å²) in [6.45, 7) is 1.50. The number of hydrogen-bond donors (Lipinski definition) is 2. The van der Waals surface area contributed by atoms with Gasteiger partial charge < -0.3 is 10.0 Å². The number of fused-ring (bicyclic) bond motifs is 1. The Labute approximate surface area is 112 Å². The van der Waals surface area contributed by atoms with Crippen molar-refractivity contribution in [3.05, 3.63) is 0 Å². The zero-order valence-electron chi connectivity index (χ0n) is 10.9. The van der Waals surface area contributed by atoms with E-state index in [2.05, 4.69) is 5.32 Å². The van der Waals surface area contributed by atoms with Gasteiger partial charge in [0.2, 0.25) is 5.91 Å². The van der Waals surface area contributed by atoms with Crippen molar-refractivity contribution in [2.75, 3.05) is 13.1 Å². The van der Waals surface area contributed by atoms with Crippen LogP contribution in [-0.2, 0) is 9.59 Å². The maximum Gasteiger partial charge on any atom is 0.324 e. The van der Waals surface area contributed by atoms with Crippen molar-refractivity contribution < 1.29 is 19.5 Å². The molecule has 0 aromatic heterocycles. The average molecular weight is 268 g/mol. The molecule has 2 rings (SSSR count). The lowest BCUT2D eigenvalue weighted by atomic mass is 10.0. The zero-order valence-corrected chi connectivity index (χ0v) is 10.9. The molecule has 3 amide bonds. The minimum atomic E-state index is -0.925. The number of carboxylic acids is 1. The summed E-state index contributed by atoms with van der Waals surface area (Å²) in [5.41, 5.74) is 0. The number of urea groups is 1. The molecular weight excluding hydrogens is 248 g/mol. The molecule has 2 N–H and O–H groups in total. The zero-order chi connectivity index (χ0) is 13.8. The van der Waals surface area contributed by atoms with Gasteiger partial charge in [0, 0.05) is 25.9 Å². The Morgan fingerprint density at radius 3 is 2.32 bits per heavy atom. The molecule has 1 heterocycles. The van der Waals surface area contributed by atoms with E-state index < -0.39 is 5.97 Å². The molecule has 19 heavy (non-hydrogen) atoms. The number of aliphatic carboxylic acids is 1. The number of nitrogens with one attached hydrogen (secondary N) is 1. The molecule has 1 saturated heterocycles. The highest BCUT2D eigenvalue weighted by Gasteiger charge is 2.38. The van der Waals surface area contributed by atoms with E-state index >= 15 is 0 Å². The van der Waals surface area contributed by atoms with E-state index in [9.17, 15) is 14.4 Å². The van der Waals surface area contributed by atoms with Crippen LogP contribution in [-0.4, -0.2) is 41.0 Å². The summed E-state index contributed by atoms with van der Waals surface area (Å²) < 4.78 is 0. The van der Waals surface area contributed by atoms with Crippen LogP contribution in [0.3, 0.4) is 0 Å². The topological polar surface area (TPSA) is 86.7 Å². The first-order chi connectivity index (χ1) is 9.06. The van der Waals surface area contributed by atoms with Gasteiger partial charge in [-0.15, -0.1) is 0 Å². The van der Waals surface area contributed by atoms with Gasteiger partial charge in [-0.25, -0.2) is 4.79 Å². The summed E-state index contributed by atoms with van der Waals surface area (Å²) in [5.74, 6) is -0.101. The fourth-order valence-corrected chi connectivity index (χ4v) is 3.06. The summed E-state index contributed by atoms with van der Waals surface area (Å²) in [4.78, 5) is 35.4. The quantitative estimate of drug-likeness (QED) is 0.802. The van der Waals surface area contributed by atoms with Crippen LogP contribution in [0.5, 0.6) is 0 Å². The second-order valence-corrected chi connectivity index (χ2v) is 5.46. The molecule has 0 spiro atoms. The Morgan fingerprint density at radius 2 is 1.74 bits per heavy atom. The van der Waals surface area contributed by atoms with Crippen LogP contribution in [0.15, 0.2) is 0 Å². The lowest BCUT2D eigenvalue weighted by molar-refractivity contribution is -0.137. The minimum Gasteiger partial charge on any atom is -0.481 e. The number of nitrogens with zero attached hydrogens (tertiary/aromatic N) is 1. The van der Waals surface area contributed by atoms with Crippen molar-refractivity contribution in [1.82, 2.24) is 10.2 Å². The number of imide groups is 1. The molecule has 106 valence electrons. The van der Waals surface area contributed by atoms with Crippen molar-refractivity contribution in [2.45, 2.75) is 38.5 Å². The third kappa shape index (κ3) is 3.68. The Hall–Kier alpha value is -1.59. The van der Waals surface area contributed by atoms with E-state index in [-0.39, 0.29) is 31.2 Å². The molecule has 6 nitrogen and oxygen atoms in total. The van der Waals surface area contributed by atoms with Crippen molar-refractivity contribution in [3.63, 3.8) is 0 Å². The summed E-state index contributed by atoms with van der Waals surface area (Å²) in [5, 5.41) is 10.8. The highest BCUT2D eigenvalue weighted by Crippen LogP contribution is 2.37. The highest BCUT2D eigenvalue weighted by atomic mass is 16.4. The van der Waals surface area contributed by atoms with Gasteiger partial charge in [-0.3, -0.25) is 14.9 Å². The second kappa shape index (κ2) is 6.04. The number of carbonyl (C=O) groups excluding carboxylic acids is 2. The van der Waals surface area contributed by atoms with Crippen molar-refractivity contribution in [2.24, 2.45) is 11.8 Å². The number of likely N-dealkylation sites (tertiary alicyclic amines) is 1. The molecule has 1 saturated carbocycles. The fraction of sp³-hybridized carbons (Fsp3) is 0.769. The Kier molecular flexibility index (Phi) is 4.39. The number of amides is 3. The molecule has 0 bridgehead atoms. The molecule has 0 aromatic rings. The molecule has 0 radical (unpaired) electrons. The summed E-state index contributed by atoms with van der Waals surface area (Å²) in [6, 6.07) is -0.324. The lowest BCUT2D eigenvalue weighted by Gasteiger charge is -2.17. The van der Waals surface area contributed by atoms with Crippen LogP contribution in [0.25, 0.3) is 0 Å². The van der Waals surface area contributed by atoms with Gasteiger partial charge >= 0.3 is 12.0 Å². The summed E-state index contributed by atoms with van der Waals surface area (Å²) in [6.07, 6.45) is 3.91. The van der Waals surface area contributed by atoms with Crippen LogP contribution in [0.2, 0.25) is 0 Å². The first-order valence-corrected chi connectivity index (χ1v) is 6.87. The standard InChI is InChI=1S/C13H20N2O4/c16-11(5-2-6-12(17)18)14-13(19)15-7-9-3-1-4-10(9)8-15/h9-10H,1-8H2,(H,17,18)(H,14,16,19). The smallest absolute Gasteiger partial charge is 0.324 e. The minimum absolute atomic E-state index is 0.0462. The van der Waals surface area contributed by atoms with Crippen LogP contribution < -0.4 is 5.32 Å². The molecule has 2 aliphatic rings. The first kappa shape index (κ1) is 13.8. The predicted octanol–water partition coefficient (Wildman–Crippen LogP) is 1.21. The van der Waals surface area contributed by atoms with Gasteiger partial charge in [0.15, 0.2) is 0 Å². The van der Waals surface area contributed by atoms with Crippen LogP contribution in [0.4, 0.5) is 4.79 Å². The number of carbonyl (C=O) groups is 3. The van der Waals surface area contributed by atoms with E-state index in [1.165, 1.54) is 19.3 Å². The summed E-state index contributed by atoms with van der Waals surface area (Å²) >= 11 is 0. The Balaban J connectivity index is 1.69. The van der Waals surface area contributed by atoms with E-state index in [0.717, 1.165) is 13.1 Å². The number of carboxylic acid groups (broad SMARTS) is 1. The van der Waals surface area contributed by atoms with Gasteiger partial charge in [0.05, 0.1) is 0 Å². The first-order valence-electron chi connectivity index (χ1n) is 6.87. The van der Waals surface area contributed by atoms with Crippen molar-refractivity contribution in [1.29, 1.82) is 0 Å². The average Bonchev–Trinajstić information content (AvgIpc) is 2.87. The van der Waals surface area contributed by atoms with Crippen molar-refractivity contribution >= 4 is 17.9 Å². The Morgan fingerprint density at radius 1 is 1.11 bits per heavy atom. The van der Waals surface area contributed by atoms with E-state index in [1.807, 2.05) is 0 Å². The van der Waals surface area contributed by atoms with Gasteiger partial charge in [0.1, 0.15) is 0 Å². The molecule has 2 unspecified atom stereocenters. The van der Waals surface area contributed by atoms with Crippen molar-refractivity contribution in [3.8, 4) is 0 Å². The third-order valence-corrected chi connectivity index (χ3v) is 4.05. The molecule has 1 aliphatic carbocycles. The third-order valence-electron chi connectivity index (χ3n) is 4.05. The molecule has 2 fully saturated rings. The van der Waals surface area contributed by atoms with E-state index in [1.54, 1.807) is 4.90 Å². The normalized spacial score (nSPS) is 25.2. The second-order valence-electron chi connectivity index (χ2n) is 5.46. The monoisotopic (exact) mass is 268 g/mol. The molecular formula is C13H20N2O4. The van der Waals surface area contributed by atoms with Crippen LogP contribution in [0.1, 0.15) is 38.5 Å². The maximum absolute atomic E-state index is 11.9. The molecule has 2 atom stereocenters. The van der Waals surface area contributed by atoms with E-state index in [4.69, 9.17) is 5.11 Å². The molecule has 0 aromatic carbocycles. The Bertz CT molecular complexity index is 371. The van der Waals surface area contributed by atoms with E-state index in [0.29, 0.717) is 11.8 Å². The maximum atomic E-state index is 11.9. The highest BCUT2D eigenvalue weighted by molar-refractivity contribution is 5.94. The predicted molar refractivity (Wildman–Crippen MR) is 67.4 cm³/mol. The van der Waals surface area contributed by atoms with Gasteiger partial charge in [-0.1, -0.05) is 6.42 Å². The lowest BCUT2D eigenvalue weighted by Crippen LogP contribution is -2.42. The fourth-order valence-electron chi connectivity index (χ4n) is 3.06. The summed E-state index contributed by atoms with van der Waals surface area (Å²) in [7, 11) is 0. The number of rotatable bonds is 4. The van der Waals surface area contributed by atoms with Gasteiger partial charge in [-0.2, -0.15) is 0 Å². The number of hydrogen-bond acceptors (Lipinski definition) is 3.